The van der Waals surface area contributed by atoms with Gasteiger partial charge in [-0.1, -0.05) is 12.1 Å². The number of rotatable bonds is 1. The average Bonchev–Trinajstić information content (AvgIpc) is 2.64. The summed E-state index contributed by atoms with van der Waals surface area (Å²) in [7, 11) is 0. The van der Waals surface area contributed by atoms with E-state index in [1.807, 2.05) is 0 Å². The highest BCUT2D eigenvalue weighted by Gasteiger charge is 2.44. The molecule has 1 unspecified atom stereocenters. The van der Waals surface area contributed by atoms with E-state index in [2.05, 4.69) is 5.32 Å². The molecule has 0 aliphatic carbocycles. The van der Waals surface area contributed by atoms with Crippen LogP contribution in [-0.2, 0) is 9.59 Å². The Morgan fingerprint density at radius 3 is 2.05 bits per heavy atom. The summed E-state index contributed by atoms with van der Waals surface area (Å²) in [6.45, 7) is 0. The third-order valence-electron chi connectivity index (χ3n) is 3.35. The van der Waals surface area contributed by atoms with Crippen LogP contribution in [0.4, 0.5) is 4.70 Å². The summed E-state index contributed by atoms with van der Waals surface area (Å²) in [5, 5.41) is 2.15. The lowest BCUT2D eigenvalue weighted by molar-refractivity contribution is -0.136. The molecule has 6 nitrogen and oxygen atoms in total. The summed E-state index contributed by atoms with van der Waals surface area (Å²) in [5.41, 5.74) is 0.606. The first-order valence-electron chi connectivity index (χ1n) is 5.90. The Kier molecular flexibility index (Phi) is 3.35. The van der Waals surface area contributed by atoms with Crippen LogP contribution in [0.25, 0.3) is 0 Å². The molecule has 1 saturated heterocycles. The molecule has 7 heteroatoms. The van der Waals surface area contributed by atoms with Gasteiger partial charge in [-0.05, 0) is 18.6 Å². The van der Waals surface area contributed by atoms with Crippen molar-refractivity contribution >= 4 is 23.6 Å². The summed E-state index contributed by atoms with van der Waals surface area (Å²) < 4.78 is 0. The van der Waals surface area contributed by atoms with Gasteiger partial charge in [0.25, 0.3) is 11.8 Å². The van der Waals surface area contributed by atoms with Crippen LogP contribution in [0.5, 0.6) is 0 Å². The first-order chi connectivity index (χ1) is 9.09. The van der Waals surface area contributed by atoms with Crippen LogP contribution in [0, 0.1) is 0 Å². The van der Waals surface area contributed by atoms with Gasteiger partial charge in [-0.2, -0.15) is 0 Å². The van der Waals surface area contributed by atoms with Gasteiger partial charge < -0.3 is 0 Å². The van der Waals surface area contributed by atoms with E-state index in [1.165, 1.54) is 0 Å². The van der Waals surface area contributed by atoms with Crippen LogP contribution in [0.2, 0.25) is 0 Å². The van der Waals surface area contributed by atoms with E-state index in [0.29, 0.717) is 11.1 Å². The zero-order chi connectivity index (χ0) is 13.6. The Morgan fingerprint density at radius 2 is 1.55 bits per heavy atom. The van der Waals surface area contributed by atoms with E-state index >= 15 is 0 Å². The van der Waals surface area contributed by atoms with Crippen molar-refractivity contribution in [1.29, 1.82) is 0 Å². The maximum absolute atomic E-state index is 12.2. The molecule has 104 valence electrons. The topological polar surface area (TPSA) is 83.6 Å². The molecular weight excluding hydrogens is 267 g/mol. The van der Waals surface area contributed by atoms with E-state index in [-0.39, 0.29) is 23.5 Å². The first-order valence-corrected chi connectivity index (χ1v) is 5.90. The summed E-state index contributed by atoms with van der Waals surface area (Å²) in [6.07, 6.45) is 0.306. The van der Waals surface area contributed by atoms with Gasteiger partial charge in [0.15, 0.2) is 0 Å². The molecule has 1 fully saturated rings. The van der Waals surface area contributed by atoms with E-state index in [4.69, 9.17) is 0 Å². The molecule has 2 aliphatic heterocycles. The van der Waals surface area contributed by atoms with Crippen LogP contribution in [0.3, 0.4) is 0 Å². The minimum absolute atomic E-state index is 0. The van der Waals surface area contributed by atoms with Crippen LogP contribution in [0.15, 0.2) is 24.3 Å². The highest BCUT2D eigenvalue weighted by Crippen LogP contribution is 2.26. The third-order valence-corrected chi connectivity index (χ3v) is 3.35. The Balaban J connectivity index is 0.00000147. The van der Waals surface area contributed by atoms with Crippen molar-refractivity contribution in [2.24, 2.45) is 0 Å². The fraction of sp³-hybridized carbons (Fsp3) is 0.231. The molecule has 4 amide bonds. The van der Waals surface area contributed by atoms with Gasteiger partial charge in [0.05, 0.1) is 11.1 Å². The van der Waals surface area contributed by atoms with Gasteiger partial charge in [0.2, 0.25) is 11.8 Å². The quantitative estimate of drug-likeness (QED) is 0.746. The number of hydrogen-bond donors (Lipinski definition) is 1. The molecule has 0 aromatic heterocycles. The van der Waals surface area contributed by atoms with Crippen molar-refractivity contribution in [1.82, 2.24) is 10.2 Å². The van der Waals surface area contributed by atoms with Gasteiger partial charge in [-0.25, -0.2) is 0 Å². The molecule has 3 rings (SSSR count). The Hall–Kier alpha value is -2.57. The summed E-state index contributed by atoms with van der Waals surface area (Å²) >= 11 is 0. The molecule has 0 radical (unpaired) electrons. The number of piperidine rings is 1. The number of amides is 4. The van der Waals surface area contributed by atoms with Crippen molar-refractivity contribution in [3.63, 3.8) is 0 Å². The SMILES string of the molecule is F.O=C1CCC(N2C(=O)c3ccccc3C2=O)C(=O)N1. The fourth-order valence-electron chi connectivity index (χ4n) is 2.42. The number of halogens is 1. The van der Waals surface area contributed by atoms with E-state index in [0.717, 1.165) is 4.90 Å². The number of imide groups is 2. The molecule has 1 aromatic carbocycles. The minimum Gasteiger partial charge on any atom is -0.295 e. The molecule has 2 aliphatic rings. The molecule has 1 aromatic rings. The lowest BCUT2D eigenvalue weighted by Gasteiger charge is -2.27. The molecule has 0 spiro atoms. The average molecular weight is 278 g/mol. The Bertz CT molecular complexity index is 594. The maximum atomic E-state index is 12.2. The lowest BCUT2D eigenvalue weighted by atomic mass is 10.0. The van der Waals surface area contributed by atoms with Crippen LogP contribution < -0.4 is 5.32 Å². The highest BCUT2D eigenvalue weighted by molar-refractivity contribution is 6.23. The van der Waals surface area contributed by atoms with Crippen molar-refractivity contribution in [2.75, 3.05) is 0 Å². The fourth-order valence-corrected chi connectivity index (χ4v) is 2.42. The summed E-state index contributed by atoms with van der Waals surface area (Å²) in [5.74, 6) is -1.92. The largest absolute Gasteiger partial charge is 0.295 e. The smallest absolute Gasteiger partial charge is 0.262 e. The molecule has 2 heterocycles. The van der Waals surface area contributed by atoms with Crippen LogP contribution in [-0.4, -0.2) is 34.6 Å². The van der Waals surface area contributed by atoms with Gasteiger partial charge in [0.1, 0.15) is 6.04 Å². The Morgan fingerprint density at radius 1 is 1.00 bits per heavy atom. The van der Waals surface area contributed by atoms with Crippen molar-refractivity contribution in [3.8, 4) is 0 Å². The Labute approximate surface area is 113 Å². The van der Waals surface area contributed by atoms with Gasteiger partial charge in [-0.3, -0.25) is 34.1 Å². The predicted octanol–water partition coefficient (Wildman–Crippen LogP) is 0.240. The van der Waals surface area contributed by atoms with E-state index < -0.39 is 23.8 Å². The van der Waals surface area contributed by atoms with Crippen molar-refractivity contribution in [2.45, 2.75) is 18.9 Å². The molecule has 0 saturated carbocycles. The van der Waals surface area contributed by atoms with Gasteiger partial charge >= 0.3 is 0 Å². The minimum atomic E-state index is -0.898. The number of carbonyl (C=O) groups excluding carboxylic acids is 4. The third kappa shape index (κ3) is 1.87. The normalized spacial score (nSPS) is 21.4. The molecule has 0 bridgehead atoms. The van der Waals surface area contributed by atoms with Gasteiger partial charge in [-0.15, -0.1) is 0 Å². The van der Waals surface area contributed by atoms with Crippen LogP contribution >= 0.6 is 0 Å². The van der Waals surface area contributed by atoms with Crippen molar-refractivity contribution < 1.29 is 23.9 Å². The second-order valence-corrected chi connectivity index (χ2v) is 4.49. The number of carbonyl (C=O) groups is 4. The lowest BCUT2D eigenvalue weighted by Crippen LogP contribution is -2.54. The van der Waals surface area contributed by atoms with Crippen LogP contribution in [0.1, 0.15) is 33.6 Å². The molecule has 20 heavy (non-hydrogen) atoms. The summed E-state index contributed by atoms with van der Waals surface area (Å²) in [6, 6.07) is 5.55. The molecule has 1 atom stereocenters. The first kappa shape index (κ1) is 13.9. The standard InChI is InChI=1S/C13H10N2O4.FH/c16-10-6-5-9(11(17)14-10)15-12(18)7-3-1-2-4-8(7)13(15)19;/h1-4,9H,5-6H2,(H,14,16,17);1H. The number of hydrogen-bond acceptors (Lipinski definition) is 4. The second-order valence-electron chi connectivity index (χ2n) is 4.49. The predicted molar refractivity (Wildman–Crippen MR) is 65.6 cm³/mol. The monoisotopic (exact) mass is 278 g/mol. The summed E-state index contributed by atoms with van der Waals surface area (Å²) in [4.78, 5) is 48.1. The highest BCUT2D eigenvalue weighted by atomic mass is 19.0. The molecule has 1 N–H and O–H groups in total. The van der Waals surface area contributed by atoms with E-state index in [9.17, 15) is 19.2 Å². The number of fused-ring (bicyclic) bond motifs is 1. The number of nitrogens with zero attached hydrogens (tertiary/aromatic N) is 1. The maximum Gasteiger partial charge on any atom is 0.262 e. The van der Waals surface area contributed by atoms with Crippen molar-refractivity contribution in [3.05, 3.63) is 35.4 Å². The molecular formula is C13H11FN2O4. The zero-order valence-electron chi connectivity index (χ0n) is 10.3. The number of benzene rings is 1. The van der Waals surface area contributed by atoms with E-state index in [1.54, 1.807) is 24.3 Å². The number of nitrogens with one attached hydrogen (secondary N) is 1. The zero-order valence-corrected chi connectivity index (χ0v) is 10.3. The van der Waals surface area contributed by atoms with Gasteiger partial charge in [0, 0.05) is 6.42 Å². The second kappa shape index (κ2) is 4.84.